The molecule has 2 heterocycles. The Balaban J connectivity index is 1.53. The summed E-state index contributed by atoms with van der Waals surface area (Å²) in [5, 5.41) is 9.90. The average Bonchev–Trinajstić information content (AvgIpc) is 2.98. The minimum atomic E-state index is -0.521. The molecule has 26 heavy (non-hydrogen) atoms. The van der Waals surface area contributed by atoms with Crippen LogP contribution in [0.5, 0.6) is 0 Å². The maximum atomic E-state index is 13.1. The molecule has 3 rings (SSSR count). The molecule has 0 fully saturated rings. The highest BCUT2D eigenvalue weighted by molar-refractivity contribution is 6.31. The van der Waals surface area contributed by atoms with Gasteiger partial charge >= 0.3 is 6.03 Å². The van der Waals surface area contributed by atoms with E-state index in [9.17, 15) is 9.18 Å². The zero-order valence-corrected chi connectivity index (χ0v) is 15.7. The number of anilines is 1. The van der Waals surface area contributed by atoms with E-state index >= 15 is 0 Å². The molecule has 2 amide bonds. The van der Waals surface area contributed by atoms with E-state index in [-0.39, 0.29) is 11.1 Å². The van der Waals surface area contributed by atoms with Crippen molar-refractivity contribution in [3.05, 3.63) is 46.5 Å². The lowest BCUT2D eigenvalue weighted by Gasteiger charge is -2.28. The van der Waals surface area contributed by atoms with Gasteiger partial charge in [0.15, 0.2) is 0 Å². The van der Waals surface area contributed by atoms with E-state index in [2.05, 4.69) is 34.5 Å². The molecule has 0 saturated carbocycles. The number of carbonyl (C=O) groups is 1. The quantitative estimate of drug-likeness (QED) is 0.836. The van der Waals surface area contributed by atoms with Crippen molar-refractivity contribution in [2.75, 3.05) is 18.4 Å². The smallest absolute Gasteiger partial charge is 0.319 e. The number of benzene rings is 1. The SMILES string of the molecule is CC(C)CN1CCn2nc(CNC(=O)Nc3ccc(F)c(Cl)c3)cc2C1. The predicted octanol–water partition coefficient (Wildman–Crippen LogP) is 3.47. The van der Waals surface area contributed by atoms with Crippen LogP contribution in [0.15, 0.2) is 24.3 Å². The summed E-state index contributed by atoms with van der Waals surface area (Å²) in [4.78, 5) is 14.4. The van der Waals surface area contributed by atoms with Crippen molar-refractivity contribution in [2.24, 2.45) is 5.92 Å². The number of rotatable bonds is 5. The lowest BCUT2D eigenvalue weighted by molar-refractivity contribution is 0.192. The Morgan fingerprint density at radius 1 is 1.35 bits per heavy atom. The molecule has 6 nitrogen and oxygen atoms in total. The van der Waals surface area contributed by atoms with E-state index in [4.69, 9.17) is 11.6 Å². The second kappa shape index (κ2) is 8.05. The number of halogens is 2. The van der Waals surface area contributed by atoms with Crippen LogP contribution in [0.4, 0.5) is 14.9 Å². The van der Waals surface area contributed by atoms with Crippen LogP contribution in [0.1, 0.15) is 25.2 Å². The van der Waals surface area contributed by atoms with Gasteiger partial charge in [0.1, 0.15) is 5.82 Å². The first-order chi connectivity index (χ1) is 12.4. The predicted molar refractivity (Wildman–Crippen MR) is 99.6 cm³/mol. The highest BCUT2D eigenvalue weighted by Gasteiger charge is 2.19. The fourth-order valence-electron chi connectivity index (χ4n) is 3.06. The lowest BCUT2D eigenvalue weighted by Crippen LogP contribution is -2.36. The molecular weight excluding hydrogens is 357 g/mol. The molecule has 0 unspecified atom stereocenters. The average molecular weight is 380 g/mol. The minimum Gasteiger partial charge on any atom is -0.332 e. The Bertz CT molecular complexity index is 792. The summed E-state index contributed by atoms with van der Waals surface area (Å²) >= 11 is 5.71. The number of carbonyl (C=O) groups excluding carboxylic acids is 1. The molecule has 1 aromatic heterocycles. The topological polar surface area (TPSA) is 62.2 Å². The zero-order chi connectivity index (χ0) is 18.7. The molecule has 8 heteroatoms. The second-order valence-corrected chi connectivity index (χ2v) is 7.32. The van der Waals surface area contributed by atoms with Crippen molar-refractivity contribution in [2.45, 2.75) is 33.5 Å². The molecule has 0 spiro atoms. The Labute approximate surface area is 157 Å². The largest absolute Gasteiger partial charge is 0.332 e. The van der Waals surface area contributed by atoms with Crippen LogP contribution in [0.3, 0.4) is 0 Å². The fourth-order valence-corrected chi connectivity index (χ4v) is 3.24. The van der Waals surface area contributed by atoms with Gasteiger partial charge in [0, 0.05) is 25.3 Å². The Hall–Kier alpha value is -2.12. The normalized spacial score (nSPS) is 14.3. The minimum absolute atomic E-state index is 0.0319. The van der Waals surface area contributed by atoms with Gasteiger partial charge in [0.2, 0.25) is 0 Å². The first-order valence-corrected chi connectivity index (χ1v) is 9.06. The van der Waals surface area contributed by atoms with E-state index in [0.717, 1.165) is 31.9 Å². The number of nitrogens with one attached hydrogen (secondary N) is 2. The molecule has 0 aliphatic carbocycles. The van der Waals surface area contributed by atoms with Gasteiger partial charge in [-0.3, -0.25) is 9.58 Å². The van der Waals surface area contributed by atoms with Gasteiger partial charge in [0.25, 0.3) is 0 Å². The highest BCUT2D eigenvalue weighted by atomic mass is 35.5. The summed E-state index contributed by atoms with van der Waals surface area (Å²) in [5.41, 5.74) is 2.42. The Kier molecular flexibility index (Phi) is 5.78. The van der Waals surface area contributed by atoms with Crippen LogP contribution in [-0.4, -0.2) is 33.8 Å². The number of hydrogen-bond donors (Lipinski definition) is 2. The lowest BCUT2D eigenvalue weighted by atomic mass is 10.2. The van der Waals surface area contributed by atoms with E-state index in [1.54, 1.807) is 0 Å². The third-order valence-corrected chi connectivity index (χ3v) is 4.45. The summed E-state index contributed by atoms with van der Waals surface area (Å²) in [6, 6.07) is 5.68. The number of urea groups is 1. The monoisotopic (exact) mass is 379 g/mol. The molecule has 1 aliphatic rings. The van der Waals surface area contributed by atoms with Gasteiger partial charge in [-0.15, -0.1) is 0 Å². The molecule has 0 atom stereocenters. The summed E-state index contributed by atoms with van der Waals surface area (Å²) in [6.07, 6.45) is 0. The summed E-state index contributed by atoms with van der Waals surface area (Å²) in [6.45, 7) is 8.56. The molecular formula is C18H23ClFN5O. The van der Waals surface area contributed by atoms with Crippen LogP contribution in [0.25, 0.3) is 0 Å². The van der Waals surface area contributed by atoms with Crippen LogP contribution in [-0.2, 0) is 19.6 Å². The van der Waals surface area contributed by atoms with Crippen molar-refractivity contribution < 1.29 is 9.18 Å². The van der Waals surface area contributed by atoms with Crippen molar-refractivity contribution in [1.82, 2.24) is 20.0 Å². The summed E-state index contributed by atoms with van der Waals surface area (Å²) in [5.74, 6) is 0.113. The first kappa shape index (κ1) is 18.7. The Morgan fingerprint density at radius 3 is 2.88 bits per heavy atom. The van der Waals surface area contributed by atoms with Gasteiger partial charge in [-0.2, -0.15) is 5.10 Å². The maximum absolute atomic E-state index is 13.1. The van der Waals surface area contributed by atoms with Crippen molar-refractivity contribution in [3.63, 3.8) is 0 Å². The molecule has 1 aliphatic heterocycles. The van der Waals surface area contributed by atoms with Crippen molar-refractivity contribution in [1.29, 1.82) is 0 Å². The van der Waals surface area contributed by atoms with Crippen molar-refractivity contribution in [3.8, 4) is 0 Å². The zero-order valence-electron chi connectivity index (χ0n) is 14.9. The van der Waals surface area contributed by atoms with Gasteiger partial charge in [0.05, 0.1) is 29.5 Å². The van der Waals surface area contributed by atoms with E-state index in [1.807, 2.05) is 10.7 Å². The van der Waals surface area contributed by atoms with E-state index < -0.39 is 5.82 Å². The number of amides is 2. The van der Waals surface area contributed by atoms with Crippen LogP contribution in [0, 0.1) is 11.7 Å². The van der Waals surface area contributed by atoms with Crippen LogP contribution >= 0.6 is 11.6 Å². The van der Waals surface area contributed by atoms with Gasteiger partial charge in [-0.05, 0) is 30.2 Å². The summed E-state index contributed by atoms with van der Waals surface area (Å²) < 4.78 is 15.1. The van der Waals surface area contributed by atoms with Crippen molar-refractivity contribution >= 4 is 23.3 Å². The summed E-state index contributed by atoms with van der Waals surface area (Å²) in [7, 11) is 0. The standard InChI is InChI=1S/C18H23ClFN5O/c1-12(2)10-24-5-6-25-15(11-24)7-14(23-25)9-21-18(26)22-13-3-4-17(20)16(19)8-13/h3-4,7-8,12H,5-6,9-11H2,1-2H3,(H2,21,22,26). The molecule has 140 valence electrons. The fraction of sp³-hybridized carbons (Fsp3) is 0.444. The molecule has 0 bridgehead atoms. The van der Waals surface area contributed by atoms with Gasteiger partial charge in [-0.25, -0.2) is 9.18 Å². The van der Waals surface area contributed by atoms with Crippen LogP contribution < -0.4 is 10.6 Å². The molecule has 2 aromatic rings. The molecule has 0 saturated heterocycles. The third-order valence-electron chi connectivity index (χ3n) is 4.16. The number of nitrogens with zero attached hydrogens (tertiary/aromatic N) is 3. The maximum Gasteiger partial charge on any atom is 0.319 e. The number of hydrogen-bond acceptors (Lipinski definition) is 3. The molecule has 2 N–H and O–H groups in total. The second-order valence-electron chi connectivity index (χ2n) is 6.92. The third kappa shape index (κ3) is 4.74. The first-order valence-electron chi connectivity index (χ1n) is 8.68. The molecule has 0 radical (unpaired) electrons. The highest BCUT2D eigenvalue weighted by Crippen LogP contribution is 2.19. The van der Waals surface area contributed by atoms with Gasteiger partial charge in [-0.1, -0.05) is 25.4 Å². The molecule has 1 aromatic carbocycles. The van der Waals surface area contributed by atoms with E-state index in [1.165, 1.54) is 23.9 Å². The number of aromatic nitrogens is 2. The Morgan fingerprint density at radius 2 is 2.15 bits per heavy atom. The number of fused-ring (bicyclic) bond motifs is 1. The van der Waals surface area contributed by atoms with E-state index in [0.29, 0.717) is 18.2 Å². The van der Waals surface area contributed by atoms with Crippen LogP contribution in [0.2, 0.25) is 5.02 Å². The van der Waals surface area contributed by atoms with Gasteiger partial charge < -0.3 is 10.6 Å².